The maximum Gasteiger partial charge on any atom is 0.228 e. The van der Waals surface area contributed by atoms with Crippen molar-refractivity contribution in [3.05, 3.63) is 59.9 Å². The molecule has 1 aliphatic heterocycles. The van der Waals surface area contributed by atoms with Crippen LogP contribution in [0.4, 0.5) is 10.1 Å². The van der Waals surface area contributed by atoms with Crippen molar-refractivity contribution in [1.82, 2.24) is 4.90 Å². The zero-order valence-corrected chi connectivity index (χ0v) is 14.4. The zero-order chi connectivity index (χ0) is 17.6. The molecule has 5 heteroatoms. The lowest BCUT2D eigenvalue weighted by atomic mass is 9.96. The molecule has 1 heterocycles. The Bertz CT molecular complexity index is 701. The summed E-state index contributed by atoms with van der Waals surface area (Å²) in [5.41, 5.74) is 1.85. The van der Waals surface area contributed by atoms with Gasteiger partial charge in [-0.1, -0.05) is 12.1 Å². The van der Waals surface area contributed by atoms with Gasteiger partial charge in [-0.15, -0.1) is 0 Å². The first kappa shape index (κ1) is 17.4. The number of amides is 1. The third-order valence-electron chi connectivity index (χ3n) is 4.55. The first-order valence-corrected chi connectivity index (χ1v) is 8.56. The quantitative estimate of drug-likeness (QED) is 0.901. The van der Waals surface area contributed by atoms with Crippen LogP contribution in [0.25, 0.3) is 0 Å². The van der Waals surface area contributed by atoms with Crippen LogP contribution in [-0.4, -0.2) is 31.0 Å². The number of nitrogens with one attached hydrogen (secondary N) is 1. The fourth-order valence-corrected chi connectivity index (χ4v) is 3.18. The van der Waals surface area contributed by atoms with Gasteiger partial charge in [0.25, 0.3) is 0 Å². The van der Waals surface area contributed by atoms with Crippen LogP contribution < -0.4 is 10.1 Å². The van der Waals surface area contributed by atoms with E-state index in [1.807, 2.05) is 24.3 Å². The van der Waals surface area contributed by atoms with Gasteiger partial charge in [0.1, 0.15) is 11.6 Å². The molecule has 25 heavy (non-hydrogen) atoms. The van der Waals surface area contributed by atoms with E-state index in [9.17, 15) is 9.18 Å². The molecule has 1 amide bonds. The average Bonchev–Trinajstić information content (AvgIpc) is 2.64. The molecule has 3 rings (SSSR count). The number of rotatable bonds is 5. The number of piperidine rings is 1. The number of hydrogen-bond donors (Lipinski definition) is 1. The van der Waals surface area contributed by atoms with Crippen molar-refractivity contribution < 1.29 is 13.9 Å². The third-order valence-corrected chi connectivity index (χ3v) is 4.55. The Morgan fingerprint density at radius 3 is 2.60 bits per heavy atom. The van der Waals surface area contributed by atoms with E-state index < -0.39 is 0 Å². The number of carbonyl (C=O) groups excluding carboxylic acids is 1. The molecule has 2 aromatic carbocycles. The molecule has 4 nitrogen and oxygen atoms in total. The van der Waals surface area contributed by atoms with Crippen LogP contribution in [0.2, 0.25) is 0 Å². The lowest BCUT2D eigenvalue weighted by molar-refractivity contribution is -0.121. The number of likely N-dealkylation sites (tertiary alicyclic amines) is 1. The molecule has 0 aliphatic carbocycles. The Morgan fingerprint density at radius 2 is 1.92 bits per heavy atom. The minimum atomic E-state index is -0.223. The molecule has 1 aliphatic rings. The Balaban J connectivity index is 1.56. The summed E-state index contributed by atoms with van der Waals surface area (Å²) < 4.78 is 18.1. The van der Waals surface area contributed by atoms with Gasteiger partial charge in [0.15, 0.2) is 0 Å². The van der Waals surface area contributed by atoms with Crippen LogP contribution in [0, 0.1) is 11.7 Å². The number of halogens is 1. The highest BCUT2D eigenvalue weighted by Crippen LogP contribution is 2.21. The van der Waals surface area contributed by atoms with Crippen molar-refractivity contribution in [2.75, 3.05) is 25.5 Å². The first-order chi connectivity index (χ1) is 12.1. The van der Waals surface area contributed by atoms with E-state index in [-0.39, 0.29) is 17.6 Å². The van der Waals surface area contributed by atoms with Crippen molar-refractivity contribution in [3.8, 4) is 5.75 Å². The largest absolute Gasteiger partial charge is 0.497 e. The molecule has 0 bridgehead atoms. The average molecular weight is 342 g/mol. The second-order valence-electron chi connectivity index (χ2n) is 6.42. The minimum absolute atomic E-state index is 0.0312. The van der Waals surface area contributed by atoms with Gasteiger partial charge in [0.2, 0.25) is 5.91 Å². The summed E-state index contributed by atoms with van der Waals surface area (Å²) in [5.74, 6) is 0.561. The molecular weight excluding hydrogens is 319 g/mol. The van der Waals surface area contributed by atoms with Crippen molar-refractivity contribution in [2.24, 2.45) is 5.92 Å². The standard InChI is InChI=1S/C20H23FN2O2/c1-25-19-10-8-18(9-11-19)22-20(24)16-3-2-12-23(14-16)13-15-4-6-17(21)7-5-15/h4-11,16H,2-3,12-14H2,1H3,(H,22,24). The monoisotopic (exact) mass is 342 g/mol. The second kappa shape index (κ2) is 8.12. The SMILES string of the molecule is COc1ccc(NC(=O)C2CCCN(Cc3ccc(F)cc3)C2)cc1. The van der Waals surface area contributed by atoms with Crippen LogP contribution in [-0.2, 0) is 11.3 Å². The Morgan fingerprint density at radius 1 is 1.20 bits per heavy atom. The maximum absolute atomic E-state index is 13.0. The topological polar surface area (TPSA) is 41.6 Å². The smallest absolute Gasteiger partial charge is 0.228 e. The van der Waals surface area contributed by atoms with E-state index in [2.05, 4.69) is 10.2 Å². The molecule has 2 aromatic rings. The van der Waals surface area contributed by atoms with Gasteiger partial charge in [-0.25, -0.2) is 4.39 Å². The number of nitrogens with zero attached hydrogens (tertiary/aromatic N) is 1. The molecule has 0 radical (unpaired) electrons. The number of carbonyl (C=O) groups is 1. The third kappa shape index (κ3) is 4.79. The highest BCUT2D eigenvalue weighted by molar-refractivity contribution is 5.92. The van der Waals surface area contributed by atoms with Crippen molar-refractivity contribution in [1.29, 1.82) is 0 Å². The van der Waals surface area contributed by atoms with E-state index in [4.69, 9.17) is 4.74 Å². The fourth-order valence-electron chi connectivity index (χ4n) is 3.18. The second-order valence-corrected chi connectivity index (χ2v) is 6.42. The molecule has 1 fully saturated rings. The summed E-state index contributed by atoms with van der Waals surface area (Å²) in [6.45, 7) is 2.43. The van der Waals surface area contributed by atoms with E-state index in [0.717, 1.165) is 49.5 Å². The van der Waals surface area contributed by atoms with E-state index in [1.54, 1.807) is 19.2 Å². The lowest BCUT2D eigenvalue weighted by Crippen LogP contribution is -2.40. The molecule has 1 N–H and O–H groups in total. The predicted octanol–water partition coefficient (Wildman–Crippen LogP) is 3.69. The van der Waals surface area contributed by atoms with Crippen LogP contribution in [0.15, 0.2) is 48.5 Å². The first-order valence-electron chi connectivity index (χ1n) is 8.56. The summed E-state index contributed by atoms with van der Waals surface area (Å²) in [5, 5.41) is 2.98. The Hall–Kier alpha value is -2.40. The number of ether oxygens (including phenoxy) is 1. The highest BCUT2D eigenvalue weighted by atomic mass is 19.1. The van der Waals surface area contributed by atoms with Gasteiger partial charge in [-0.2, -0.15) is 0 Å². The lowest BCUT2D eigenvalue weighted by Gasteiger charge is -2.32. The molecular formula is C20H23FN2O2. The van der Waals surface area contributed by atoms with Crippen LogP contribution in [0.5, 0.6) is 5.75 Å². The van der Waals surface area contributed by atoms with Gasteiger partial charge in [-0.3, -0.25) is 9.69 Å². The summed E-state index contributed by atoms with van der Waals surface area (Å²) in [6.07, 6.45) is 1.88. The number of benzene rings is 2. The van der Waals surface area contributed by atoms with Crippen LogP contribution >= 0.6 is 0 Å². The Labute approximate surface area is 147 Å². The zero-order valence-electron chi connectivity index (χ0n) is 14.4. The molecule has 0 saturated carbocycles. The number of methoxy groups -OCH3 is 1. The molecule has 0 aromatic heterocycles. The molecule has 1 unspecified atom stereocenters. The number of hydrogen-bond acceptors (Lipinski definition) is 3. The molecule has 1 atom stereocenters. The van der Waals surface area contributed by atoms with E-state index in [0.29, 0.717) is 0 Å². The predicted molar refractivity (Wildman–Crippen MR) is 96.0 cm³/mol. The summed E-state index contributed by atoms with van der Waals surface area (Å²) in [7, 11) is 1.62. The van der Waals surface area contributed by atoms with Gasteiger partial charge < -0.3 is 10.1 Å². The summed E-state index contributed by atoms with van der Waals surface area (Å²) in [4.78, 5) is 14.8. The van der Waals surface area contributed by atoms with Crippen LogP contribution in [0.1, 0.15) is 18.4 Å². The minimum Gasteiger partial charge on any atom is -0.497 e. The van der Waals surface area contributed by atoms with Gasteiger partial charge in [0.05, 0.1) is 13.0 Å². The van der Waals surface area contributed by atoms with E-state index >= 15 is 0 Å². The maximum atomic E-state index is 13.0. The summed E-state index contributed by atoms with van der Waals surface area (Å²) in [6, 6.07) is 13.9. The highest BCUT2D eigenvalue weighted by Gasteiger charge is 2.25. The fraction of sp³-hybridized carbons (Fsp3) is 0.350. The molecule has 0 spiro atoms. The van der Waals surface area contributed by atoms with Gasteiger partial charge >= 0.3 is 0 Å². The Kier molecular flexibility index (Phi) is 5.66. The van der Waals surface area contributed by atoms with Crippen molar-refractivity contribution >= 4 is 11.6 Å². The van der Waals surface area contributed by atoms with Crippen molar-refractivity contribution in [2.45, 2.75) is 19.4 Å². The summed E-state index contributed by atoms with van der Waals surface area (Å²) >= 11 is 0. The van der Waals surface area contributed by atoms with Gasteiger partial charge in [-0.05, 0) is 61.3 Å². The van der Waals surface area contributed by atoms with E-state index in [1.165, 1.54) is 12.1 Å². The molecule has 1 saturated heterocycles. The van der Waals surface area contributed by atoms with Crippen LogP contribution in [0.3, 0.4) is 0 Å². The van der Waals surface area contributed by atoms with Crippen molar-refractivity contribution in [3.63, 3.8) is 0 Å². The number of anilines is 1. The molecule has 132 valence electrons. The van der Waals surface area contributed by atoms with Gasteiger partial charge in [0, 0.05) is 18.8 Å². The normalized spacial score (nSPS) is 17.9.